The highest BCUT2D eigenvalue weighted by Crippen LogP contribution is 2.14. The molecule has 2 heterocycles. The topological polar surface area (TPSA) is 96.5 Å². The molecule has 0 aromatic rings. The molecule has 0 bridgehead atoms. The monoisotopic (exact) mass is 269 g/mol. The Labute approximate surface area is 111 Å². The summed E-state index contributed by atoms with van der Waals surface area (Å²) >= 11 is 0. The second-order valence-electron chi connectivity index (χ2n) is 4.83. The summed E-state index contributed by atoms with van der Waals surface area (Å²) in [7, 11) is 0. The van der Waals surface area contributed by atoms with Gasteiger partial charge in [0.1, 0.15) is 6.04 Å². The molecule has 0 aromatic carbocycles. The lowest BCUT2D eigenvalue weighted by Crippen LogP contribution is -2.32. The van der Waals surface area contributed by atoms with Crippen LogP contribution in [0.5, 0.6) is 0 Å². The largest absolute Gasteiger partial charge is 0.378 e. The molecule has 4 amide bonds. The Morgan fingerprint density at radius 2 is 2.21 bits per heavy atom. The van der Waals surface area contributed by atoms with Crippen LogP contribution in [0.2, 0.25) is 0 Å². The number of urea groups is 1. The van der Waals surface area contributed by atoms with Gasteiger partial charge in [-0.05, 0) is 25.7 Å². The number of carbonyl (C=O) groups is 3. The Morgan fingerprint density at radius 1 is 1.37 bits per heavy atom. The van der Waals surface area contributed by atoms with Crippen LogP contribution >= 0.6 is 0 Å². The van der Waals surface area contributed by atoms with Crippen molar-refractivity contribution in [3.63, 3.8) is 0 Å². The van der Waals surface area contributed by atoms with Crippen molar-refractivity contribution in [3.8, 4) is 0 Å². The van der Waals surface area contributed by atoms with Crippen LogP contribution < -0.4 is 16.0 Å². The Kier molecular flexibility index (Phi) is 4.73. The number of hydrogen-bond donors (Lipinski definition) is 3. The van der Waals surface area contributed by atoms with Gasteiger partial charge in [0, 0.05) is 19.6 Å². The normalized spacial score (nSPS) is 26.1. The number of carbonyl (C=O) groups excluding carboxylic acids is 3. The van der Waals surface area contributed by atoms with E-state index in [1.54, 1.807) is 0 Å². The first-order valence-corrected chi connectivity index (χ1v) is 6.65. The third-order valence-electron chi connectivity index (χ3n) is 3.33. The van der Waals surface area contributed by atoms with Gasteiger partial charge < -0.3 is 15.4 Å². The van der Waals surface area contributed by atoms with Gasteiger partial charge in [-0.2, -0.15) is 0 Å². The minimum atomic E-state index is -0.587. The van der Waals surface area contributed by atoms with Gasteiger partial charge in [-0.15, -0.1) is 0 Å². The van der Waals surface area contributed by atoms with E-state index in [2.05, 4.69) is 16.0 Å². The summed E-state index contributed by atoms with van der Waals surface area (Å²) in [4.78, 5) is 33.7. The molecule has 106 valence electrons. The fraction of sp³-hybridized carbons (Fsp3) is 0.750. The van der Waals surface area contributed by atoms with Gasteiger partial charge in [-0.25, -0.2) is 4.79 Å². The number of imide groups is 1. The number of nitrogens with one attached hydrogen (secondary N) is 3. The maximum absolute atomic E-state index is 11.6. The Balaban J connectivity index is 1.56. The van der Waals surface area contributed by atoms with E-state index in [-0.39, 0.29) is 24.3 Å². The first kappa shape index (κ1) is 13.8. The summed E-state index contributed by atoms with van der Waals surface area (Å²) in [6, 6.07) is -1.08. The van der Waals surface area contributed by atoms with Crippen molar-refractivity contribution >= 4 is 17.8 Å². The molecule has 0 spiro atoms. The van der Waals surface area contributed by atoms with Crippen molar-refractivity contribution in [2.24, 2.45) is 0 Å². The van der Waals surface area contributed by atoms with E-state index in [9.17, 15) is 14.4 Å². The van der Waals surface area contributed by atoms with Crippen molar-refractivity contribution in [1.82, 2.24) is 16.0 Å². The van der Waals surface area contributed by atoms with Gasteiger partial charge in [0.25, 0.3) is 5.91 Å². The third kappa shape index (κ3) is 4.20. The average molecular weight is 269 g/mol. The molecule has 2 fully saturated rings. The van der Waals surface area contributed by atoms with Crippen molar-refractivity contribution in [2.75, 3.05) is 13.2 Å². The minimum Gasteiger partial charge on any atom is -0.378 e. The highest BCUT2D eigenvalue weighted by atomic mass is 16.5. The van der Waals surface area contributed by atoms with Gasteiger partial charge in [-0.3, -0.25) is 14.9 Å². The number of rotatable bonds is 6. The molecular weight excluding hydrogens is 250 g/mol. The summed E-state index contributed by atoms with van der Waals surface area (Å²) in [5, 5.41) is 7.39. The van der Waals surface area contributed by atoms with Crippen LogP contribution in [0.1, 0.15) is 32.1 Å². The van der Waals surface area contributed by atoms with Gasteiger partial charge in [0.2, 0.25) is 5.91 Å². The molecular formula is C12H19N3O4. The van der Waals surface area contributed by atoms with Gasteiger partial charge in [0.15, 0.2) is 0 Å². The van der Waals surface area contributed by atoms with Gasteiger partial charge >= 0.3 is 6.03 Å². The summed E-state index contributed by atoms with van der Waals surface area (Å²) in [6.45, 7) is 1.40. The second kappa shape index (κ2) is 6.51. The molecule has 0 radical (unpaired) electrons. The standard InChI is InChI=1S/C12H19N3O4/c16-10(13-6-5-8-2-1-7-19-8)4-3-9-11(17)15-12(18)14-9/h8-9H,1-7H2,(H,13,16)(H2,14,15,17,18)/t8-,9-/m0/s1. The summed E-state index contributed by atoms with van der Waals surface area (Å²) < 4.78 is 5.45. The van der Waals surface area contributed by atoms with E-state index in [1.165, 1.54) is 0 Å². The second-order valence-corrected chi connectivity index (χ2v) is 4.83. The molecule has 3 N–H and O–H groups in total. The lowest BCUT2D eigenvalue weighted by Gasteiger charge is -2.11. The average Bonchev–Trinajstić information content (AvgIpc) is 2.97. The van der Waals surface area contributed by atoms with Crippen LogP contribution in [0.25, 0.3) is 0 Å². The first-order chi connectivity index (χ1) is 9.15. The zero-order valence-electron chi connectivity index (χ0n) is 10.7. The molecule has 7 nitrogen and oxygen atoms in total. The molecule has 2 rings (SSSR count). The van der Waals surface area contributed by atoms with Gasteiger partial charge in [-0.1, -0.05) is 0 Å². The van der Waals surface area contributed by atoms with Crippen LogP contribution in [0, 0.1) is 0 Å². The molecule has 19 heavy (non-hydrogen) atoms. The summed E-state index contributed by atoms with van der Waals surface area (Å²) in [5.74, 6) is -0.468. The molecule has 2 atom stereocenters. The van der Waals surface area contributed by atoms with Crippen molar-refractivity contribution in [2.45, 2.75) is 44.2 Å². The third-order valence-corrected chi connectivity index (χ3v) is 3.33. The van der Waals surface area contributed by atoms with Crippen molar-refractivity contribution in [3.05, 3.63) is 0 Å². The molecule has 7 heteroatoms. The zero-order chi connectivity index (χ0) is 13.7. The van der Waals surface area contributed by atoms with Crippen LogP contribution in [-0.2, 0) is 14.3 Å². The lowest BCUT2D eigenvalue weighted by molar-refractivity contribution is -0.122. The highest BCUT2D eigenvalue weighted by molar-refractivity contribution is 6.04. The SMILES string of the molecule is O=C(CC[C@@H]1NC(=O)NC1=O)NCC[C@@H]1CCCO1. The maximum atomic E-state index is 11.6. The van der Waals surface area contributed by atoms with Crippen LogP contribution in [0.15, 0.2) is 0 Å². The lowest BCUT2D eigenvalue weighted by atomic mass is 10.1. The smallest absolute Gasteiger partial charge is 0.322 e. The summed E-state index contributed by atoms with van der Waals surface area (Å²) in [5.41, 5.74) is 0. The molecule has 0 aromatic heterocycles. The molecule has 0 aliphatic carbocycles. The van der Waals surface area contributed by atoms with Gasteiger partial charge in [0.05, 0.1) is 6.10 Å². The number of amides is 4. The fourth-order valence-corrected chi connectivity index (χ4v) is 2.27. The predicted octanol–water partition coefficient (Wildman–Crippen LogP) is -0.340. The molecule has 2 aliphatic heterocycles. The Morgan fingerprint density at radius 3 is 2.84 bits per heavy atom. The minimum absolute atomic E-state index is 0.105. The maximum Gasteiger partial charge on any atom is 0.322 e. The van der Waals surface area contributed by atoms with E-state index in [4.69, 9.17) is 4.74 Å². The summed E-state index contributed by atoms with van der Waals surface area (Å²) in [6.07, 6.45) is 3.79. The quantitative estimate of drug-likeness (QED) is 0.575. The van der Waals surface area contributed by atoms with E-state index in [0.29, 0.717) is 13.0 Å². The van der Waals surface area contributed by atoms with Crippen molar-refractivity contribution in [1.29, 1.82) is 0 Å². The number of hydrogen-bond acceptors (Lipinski definition) is 4. The molecule has 2 aliphatic rings. The molecule has 0 saturated carbocycles. The Bertz CT molecular complexity index is 366. The number of ether oxygens (including phenoxy) is 1. The van der Waals surface area contributed by atoms with Crippen LogP contribution in [0.3, 0.4) is 0 Å². The molecule has 2 saturated heterocycles. The van der Waals surface area contributed by atoms with E-state index < -0.39 is 12.1 Å². The first-order valence-electron chi connectivity index (χ1n) is 6.65. The van der Waals surface area contributed by atoms with E-state index in [1.807, 2.05) is 0 Å². The van der Waals surface area contributed by atoms with E-state index in [0.717, 1.165) is 25.9 Å². The Hall–Kier alpha value is -1.63. The van der Waals surface area contributed by atoms with E-state index >= 15 is 0 Å². The van der Waals surface area contributed by atoms with Crippen LogP contribution in [-0.4, -0.2) is 43.1 Å². The zero-order valence-corrected chi connectivity index (χ0v) is 10.7. The highest BCUT2D eigenvalue weighted by Gasteiger charge is 2.29. The van der Waals surface area contributed by atoms with Crippen molar-refractivity contribution < 1.29 is 19.1 Å². The predicted molar refractivity (Wildman–Crippen MR) is 66.3 cm³/mol. The fourth-order valence-electron chi connectivity index (χ4n) is 2.27. The van der Waals surface area contributed by atoms with Crippen LogP contribution in [0.4, 0.5) is 4.79 Å². The molecule has 0 unspecified atom stereocenters.